The van der Waals surface area contributed by atoms with Crippen molar-refractivity contribution in [1.82, 2.24) is 14.6 Å². The topological polar surface area (TPSA) is 83.1 Å². The van der Waals surface area contributed by atoms with Gasteiger partial charge in [0.05, 0.1) is 16.8 Å². The van der Waals surface area contributed by atoms with E-state index in [0.717, 1.165) is 11.3 Å². The minimum Gasteiger partial charge on any atom is -0.292 e. The average molecular weight is 352 g/mol. The van der Waals surface area contributed by atoms with E-state index in [-0.39, 0.29) is 12.4 Å². The molecule has 0 saturated carbocycles. The van der Waals surface area contributed by atoms with Crippen LogP contribution >= 0.6 is 34.5 Å². The number of carbonyl (C=O) groups excluding carboxylic acids is 1. The van der Waals surface area contributed by atoms with Crippen molar-refractivity contribution < 1.29 is 4.79 Å². The number of anilines is 1. The predicted molar refractivity (Wildman–Crippen MR) is 85.2 cm³/mol. The van der Waals surface area contributed by atoms with Crippen LogP contribution in [0.1, 0.15) is 6.42 Å². The molecule has 0 aliphatic rings. The van der Waals surface area contributed by atoms with Gasteiger partial charge in [0.25, 0.3) is 0 Å². The molecule has 0 unspecified atom stereocenters. The molecule has 0 aliphatic heterocycles. The van der Waals surface area contributed by atoms with E-state index in [1.165, 1.54) is 11.3 Å². The number of aromatic nitrogens is 3. The summed E-state index contributed by atoms with van der Waals surface area (Å²) in [4.78, 5) is 16.2. The van der Waals surface area contributed by atoms with Crippen molar-refractivity contribution in [2.24, 2.45) is 0 Å². The molecule has 1 aromatic carbocycles. The largest absolute Gasteiger partial charge is 0.292 e. The number of rotatable bonds is 3. The monoisotopic (exact) mass is 351 g/mol. The van der Waals surface area contributed by atoms with E-state index in [1.807, 2.05) is 5.38 Å². The van der Waals surface area contributed by atoms with Gasteiger partial charge < -0.3 is 0 Å². The maximum atomic E-state index is 11.4. The van der Waals surface area contributed by atoms with Crippen LogP contribution in [0.4, 0.5) is 5.95 Å². The van der Waals surface area contributed by atoms with Gasteiger partial charge in [-0.2, -0.15) is 10.2 Å². The second kappa shape index (κ2) is 5.93. The standard InChI is InChI=1S/C13H7Cl2N5OS/c14-7-1-2-8(9(15)5-7)10-6-22-13-18-12(19-20(10)13)17-11(21)3-4-16/h1-2,5-6H,3H2,(H,17,19,21). The number of hydrogen-bond donors (Lipinski definition) is 1. The highest BCUT2D eigenvalue weighted by Crippen LogP contribution is 2.32. The van der Waals surface area contributed by atoms with Crippen LogP contribution in [0.25, 0.3) is 16.2 Å². The smallest absolute Gasteiger partial charge is 0.250 e. The molecule has 2 aromatic heterocycles. The van der Waals surface area contributed by atoms with Crippen molar-refractivity contribution in [3.63, 3.8) is 0 Å². The zero-order valence-electron chi connectivity index (χ0n) is 10.9. The van der Waals surface area contributed by atoms with Crippen LogP contribution in [-0.2, 0) is 4.79 Å². The minimum absolute atomic E-state index is 0.151. The van der Waals surface area contributed by atoms with Gasteiger partial charge in [0.2, 0.25) is 16.8 Å². The quantitative estimate of drug-likeness (QED) is 0.780. The van der Waals surface area contributed by atoms with E-state index in [0.29, 0.717) is 15.0 Å². The number of nitrogens with zero attached hydrogens (tertiary/aromatic N) is 4. The fraction of sp³-hybridized carbons (Fsp3) is 0.0769. The van der Waals surface area contributed by atoms with Gasteiger partial charge in [0.1, 0.15) is 6.42 Å². The number of fused-ring (bicyclic) bond motifs is 1. The van der Waals surface area contributed by atoms with Gasteiger partial charge in [-0.15, -0.1) is 16.4 Å². The van der Waals surface area contributed by atoms with Crippen LogP contribution in [0.3, 0.4) is 0 Å². The number of nitrogens with one attached hydrogen (secondary N) is 1. The number of carbonyl (C=O) groups is 1. The number of amides is 1. The molecule has 3 aromatic rings. The molecule has 9 heteroatoms. The molecule has 0 fully saturated rings. The number of thiazole rings is 1. The predicted octanol–water partition coefficient (Wildman–Crippen LogP) is 3.62. The van der Waals surface area contributed by atoms with Crippen LogP contribution in [0.5, 0.6) is 0 Å². The van der Waals surface area contributed by atoms with Gasteiger partial charge in [-0.3, -0.25) is 10.1 Å². The summed E-state index contributed by atoms with van der Waals surface area (Å²) in [5, 5.41) is 18.1. The van der Waals surface area contributed by atoms with E-state index in [1.54, 1.807) is 28.8 Å². The first-order valence-electron chi connectivity index (χ1n) is 6.05. The molecule has 1 amide bonds. The van der Waals surface area contributed by atoms with Gasteiger partial charge in [-0.05, 0) is 18.2 Å². The molecule has 0 bridgehead atoms. The van der Waals surface area contributed by atoms with Crippen LogP contribution in [0, 0.1) is 11.3 Å². The lowest BCUT2D eigenvalue weighted by molar-refractivity contribution is -0.115. The van der Waals surface area contributed by atoms with Gasteiger partial charge in [-0.25, -0.2) is 4.52 Å². The van der Waals surface area contributed by atoms with Gasteiger partial charge in [-0.1, -0.05) is 23.2 Å². The Balaban J connectivity index is 2.00. The maximum Gasteiger partial charge on any atom is 0.250 e. The van der Waals surface area contributed by atoms with Crippen LogP contribution in [-0.4, -0.2) is 20.5 Å². The van der Waals surface area contributed by atoms with Crippen molar-refractivity contribution >= 4 is 51.4 Å². The lowest BCUT2D eigenvalue weighted by atomic mass is 10.2. The fourth-order valence-corrected chi connectivity index (χ4v) is 3.19. The summed E-state index contributed by atoms with van der Waals surface area (Å²) < 4.78 is 1.59. The highest BCUT2D eigenvalue weighted by atomic mass is 35.5. The van der Waals surface area contributed by atoms with E-state index in [9.17, 15) is 4.79 Å². The van der Waals surface area contributed by atoms with Crippen LogP contribution < -0.4 is 5.32 Å². The van der Waals surface area contributed by atoms with Gasteiger partial charge in [0, 0.05) is 16.0 Å². The molecule has 0 saturated heterocycles. The average Bonchev–Trinajstić information content (AvgIpc) is 2.99. The molecule has 6 nitrogen and oxygen atoms in total. The van der Waals surface area contributed by atoms with E-state index in [4.69, 9.17) is 28.5 Å². The number of halogens is 2. The van der Waals surface area contributed by atoms with Gasteiger partial charge in [0.15, 0.2) is 0 Å². The summed E-state index contributed by atoms with van der Waals surface area (Å²) >= 11 is 13.5. The maximum absolute atomic E-state index is 11.4. The molecule has 110 valence electrons. The molecule has 0 aliphatic carbocycles. The van der Waals surface area contributed by atoms with Crippen molar-refractivity contribution in [3.8, 4) is 17.3 Å². The summed E-state index contributed by atoms with van der Waals surface area (Å²) in [5.74, 6) is -0.301. The third kappa shape index (κ3) is 2.76. The first-order chi connectivity index (χ1) is 10.6. The fourth-order valence-electron chi connectivity index (χ4n) is 1.86. The zero-order chi connectivity index (χ0) is 15.7. The Morgan fingerprint density at radius 2 is 2.27 bits per heavy atom. The summed E-state index contributed by atoms with van der Waals surface area (Å²) in [6.07, 6.45) is -0.247. The number of hydrogen-bond acceptors (Lipinski definition) is 5. The number of nitriles is 1. The Hall–Kier alpha value is -2.14. The van der Waals surface area contributed by atoms with Crippen LogP contribution in [0.2, 0.25) is 10.0 Å². The molecular formula is C13H7Cl2N5OS. The van der Waals surface area contributed by atoms with Crippen molar-refractivity contribution in [2.75, 3.05) is 5.32 Å². The SMILES string of the molecule is N#CCC(=O)Nc1nc2scc(-c3ccc(Cl)cc3Cl)n2n1. The van der Waals surface area contributed by atoms with Gasteiger partial charge >= 0.3 is 0 Å². The first-order valence-corrected chi connectivity index (χ1v) is 7.68. The second-order valence-electron chi connectivity index (χ2n) is 4.26. The van der Waals surface area contributed by atoms with E-state index >= 15 is 0 Å². The Morgan fingerprint density at radius 1 is 1.45 bits per heavy atom. The Morgan fingerprint density at radius 3 is 3.00 bits per heavy atom. The molecule has 0 radical (unpaired) electrons. The van der Waals surface area contributed by atoms with Crippen molar-refractivity contribution in [3.05, 3.63) is 33.6 Å². The molecule has 3 rings (SSSR count). The van der Waals surface area contributed by atoms with Crippen LogP contribution in [0.15, 0.2) is 23.6 Å². The normalized spacial score (nSPS) is 10.6. The molecule has 0 spiro atoms. The summed E-state index contributed by atoms with van der Waals surface area (Å²) in [6, 6.07) is 6.94. The Bertz CT molecular complexity index is 911. The Kier molecular flexibility index (Phi) is 3.98. The summed E-state index contributed by atoms with van der Waals surface area (Å²) in [6.45, 7) is 0. The van der Waals surface area contributed by atoms with Crippen molar-refractivity contribution in [2.45, 2.75) is 6.42 Å². The molecule has 22 heavy (non-hydrogen) atoms. The lowest BCUT2D eigenvalue weighted by Gasteiger charge is -2.02. The Labute approximate surface area is 138 Å². The van der Waals surface area contributed by atoms with E-state index < -0.39 is 5.91 Å². The first kappa shape index (κ1) is 14.8. The zero-order valence-corrected chi connectivity index (χ0v) is 13.2. The third-order valence-electron chi connectivity index (χ3n) is 2.78. The molecule has 2 heterocycles. The second-order valence-corrected chi connectivity index (χ2v) is 5.94. The highest BCUT2D eigenvalue weighted by Gasteiger charge is 2.15. The van der Waals surface area contributed by atoms with E-state index in [2.05, 4.69) is 15.4 Å². The lowest BCUT2D eigenvalue weighted by Crippen LogP contribution is -2.11. The third-order valence-corrected chi connectivity index (χ3v) is 4.14. The highest BCUT2D eigenvalue weighted by molar-refractivity contribution is 7.15. The summed E-state index contributed by atoms with van der Waals surface area (Å²) in [5.41, 5.74) is 1.51. The number of benzene rings is 1. The van der Waals surface area contributed by atoms with Crippen molar-refractivity contribution in [1.29, 1.82) is 5.26 Å². The molecule has 0 atom stereocenters. The molecular weight excluding hydrogens is 345 g/mol. The molecule has 1 N–H and O–H groups in total. The minimum atomic E-state index is -0.452. The summed E-state index contributed by atoms with van der Waals surface area (Å²) in [7, 11) is 0.